The van der Waals surface area contributed by atoms with Gasteiger partial charge in [0.2, 0.25) is 0 Å². The van der Waals surface area contributed by atoms with Crippen molar-refractivity contribution in [2.24, 2.45) is 0 Å². The molecule has 0 radical (unpaired) electrons. The highest BCUT2D eigenvalue weighted by atomic mass is 32.1. The van der Waals surface area contributed by atoms with Crippen molar-refractivity contribution < 1.29 is 0 Å². The van der Waals surface area contributed by atoms with Crippen LogP contribution in [0.25, 0.3) is 96.0 Å². The molecule has 0 aliphatic heterocycles. The van der Waals surface area contributed by atoms with Crippen LogP contribution in [0.4, 0.5) is 17.1 Å². The van der Waals surface area contributed by atoms with Gasteiger partial charge in [-0.2, -0.15) is 0 Å². The summed E-state index contributed by atoms with van der Waals surface area (Å²) >= 11 is 3.73. The maximum atomic E-state index is 2.48. The summed E-state index contributed by atoms with van der Waals surface area (Å²) in [4.78, 5) is 2.48. The minimum Gasteiger partial charge on any atom is -0.310 e. The fourth-order valence-electron chi connectivity index (χ4n) is 12.3. The second kappa shape index (κ2) is 18.1. The van der Waals surface area contributed by atoms with Crippen molar-refractivity contribution in [3.05, 3.63) is 307 Å². The van der Waals surface area contributed by atoms with Crippen LogP contribution in [0.5, 0.6) is 0 Å². The summed E-state index contributed by atoms with van der Waals surface area (Å²) < 4.78 is 5.29. The predicted molar refractivity (Wildman–Crippen MR) is 326 cm³/mol. The number of anilines is 3. The number of nitrogens with zero attached hydrogens (tertiary/aromatic N) is 1. The first kappa shape index (κ1) is 44.4. The Labute approximate surface area is 450 Å². The molecule has 0 fully saturated rings. The molecule has 0 amide bonds. The van der Waals surface area contributed by atoms with Crippen molar-refractivity contribution in [3.8, 4) is 55.6 Å². The summed E-state index contributed by atoms with van der Waals surface area (Å²) in [5.41, 5.74) is 19.9. The molecule has 0 spiro atoms. The van der Waals surface area contributed by atoms with Crippen molar-refractivity contribution in [3.63, 3.8) is 0 Å². The van der Waals surface area contributed by atoms with E-state index in [1.165, 1.54) is 118 Å². The Morgan fingerprint density at radius 1 is 0.263 bits per heavy atom. The van der Waals surface area contributed by atoms with Gasteiger partial charge in [-0.3, -0.25) is 0 Å². The van der Waals surface area contributed by atoms with Gasteiger partial charge in [-0.25, -0.2) is 0 Å². The van der Waals surface area contributed by atoms with Crippen LogP contribution in [0.15, 0.2) is 285 Å². The Kier molecular flexibility index (Phi) is 10.6. The molecule has 0 N–H and O–H groups in total. The molecule has 3 heteroatoms. The van der Waals surface area contributed by atoms with E-state index in [1.807, 2.05) is 22.7 Å². The molecule has 1 nitrogen and oxygen atoms in total. The molecule has 15 rings (SSSR count). The van der Waals surface area contributed by atoms with E-state index in [-0.39, 0.29) is 0 Å². The Bertz CT molecular complexity index is 4270. The zero-order valence-corrected chi connectivity index (χ0v) is 43.0. The van der Waals surface area contributed by atoms with Gasteiger partial charge in [0.15, 0.2) is 0 Å². The molecule has 0 unspecified atom stereocenters. The van der Waals surface area contributed by atoms with Gasteiger partial charge in [-0.1, -0.05) is 206 Å². The van der Waals surface area contributed by atoms with Crippen LogP contribution in [0, 0.1) is 0 Å². The first-order valence-corrected chi connectivity index (χ1v) is 27.7. The lowest BCUT2D eigenvalue weighted by molar-refractivity contribution is 0.768. The highest BCUT2D eigenvalue weighted by molar-refractivity contribution is 7.26. The largest absolute Gasteiger partial charge is 0.310 e. The molecule has 0 atom stereocenters. The van der Waals surface area contributed by atoms with Gasteiger partial charge >= 0.3 is 0 Å². The summed E-state index contributed by atoms with van der Waals surface area (Å²) in [6.07, 6.45) is 0. The lowest BCUT2D eigenvalue weighted by atomic mass is 9.68. The lowest BCUT2D eigenvalue weighted by Gasteiger charge is -2.34. The van der Waals surface area contributed by atoms with E-state index in [0.29, 0.717) is 0 Å². The molecular weight excluding hydrogens is 955 g/mol. The minimum absolute atomic E-state index is 0.526. The quantitative estimate of drug-likeness (QED) is 0.139. The van der Waals surface area contributed by atoms with Crippen LogP contribution in [0.1, 0.15) is 22.3 Å². The van der Waals surface area contributed by atoms with E-state index in [4.69, 9.17) is 0 Å². The van der Waals surface area contributed by atoms with Crippen LogP contribution < -0.4 is 4.90 Å². The predicted octanol–water partition coefficient (Wildman–Crippen LogP) is 20.9. The Balaban J connectivity index is 0.855. The molecule has 14 aromatic rings. The standard InChI is InChI=1S/C73H47NS2/c1-3-20-56(21-4-1)73(57-22-5-2-6-23-57)65-27-10-7-26-62(65)72-66(73)28-15-29-67(72)74(58-38-32-48(33-39-58)50-16-13-18-52(44-50)54-36-42-70-63(46-54)60-24-8-11-30-68(60)75-70)59-40-34-49(35-41-59)51-17-14-19-53(45-51)55-37-43-71-64(47-55)61-25-9-12-31-69(61)76-71/h1-47H. The highest BCUT2D eigenvalue weighted by Gasteiger charge is 2.47. The molecule has 1 aliphatic rings. The summed E-state index contributed by atoms with van der Waals surface area (Å²) in [6.45, 7) is 0. The molecule has 0 saturated carbocycles. The van der Waals surface area contributed by atoms with Crippen molar-refractivity contribution in [1.82, 2.24) is 0 Å². The number of hydrogen-bond acceptors (Lipinski definition) is 3. The normalized spacial score (nSPS) is 12.6. The third-order valence-corrected chi connectivity index (χ3v) is 18.1. The maximum absolute atomic E-state index is 2.48. The van der Waals surface area contributed by atoms with Gasteiger partial charge in [0.1, 0.15) is 0 Å². The molecule has 356 valence electrons. The summed E-state index contributed by atoms with van der Waals surface area (Å²) in [6, 6.07) is 106. The van der Waals surface area contributed by atoms with Gasteiger partial charge in [0, 0.05) is 57.3 Å². The van der Waals surface area contributed by atoms with Crippen molar-refractivity contribution in [2.75, 3.05) is 4.90 Å². The van der Waals surface area contributed by atoms with Gasteiger partial charge in [-0.05, 0) is 151 Å². The third kappa shape index (κ3) is 7.19. The van der Waals surface area contributed by atoms with Crippen LogP contribution in [0.2, 0.25) is 0 Å². The topological polar surface area (TPSA) is 3.24 Å². The van der Waals surface area contributed by atoms with Crippen molar-refractivity contribution in [2.45, 2.75) is 5.41 Å². The number of fused-ring (bicyclic) bond motifs is 9. The molecule has 1 aliphatic carbocycles. The van der Waals surface area contributed by atoms with E-state index < -0.39 is 5.41 Å². The molecule has 2 aromatic heterocycles. The second-order valence-corrected chi connectivity index (χ2v) is 22.1. The zero-order valence-electron chi connectivity index (χ0n) is 41.4. The summed E-state index contributed by atoms with van der Waals surface area (Å²) in [7, 11) is 0. The van der Waals surface area contributed by atoms with Crippen LogP contribution >= 0.6 is 22.7 Å². The molecule has 76 heavy (non-hydrogen) atoms. The van der Waals surface area contributed by atoms with Crippen molar-refractivity contribution in [1.29, 1.82) is 0 Å². The Morgan fingerprint density at radius 3 is 1.18 bits per heavy atom. The van der Waals surface area contributed by atoms with Gasteiger partial charge < -0.3 is 4.90 Å². The number of thiophene rings is 2. The first-order valence-electron chi connectivity index (χ1n) is 26.0. The fourth-order valence-corrected chi connectivity index (χ4v) is 14.4. The average Bonchev–Trinajstić information content (AvgIpc) is 4.19. The Morgan fingerprint density at radius 2 is 0.658 bits per heavy atom. The minimum atomic E-state index is -0.526. The highest BCUT2D eigenvalue weighted by Crippen LogP contribution is 2.59. The van der Waals surface area contributed by atoms with Gasteiger partial charge in [0.05, 0.1) is 11.1 Å². The van der Waals surface area contributed by atoms with E-state index in [9.17, 15) is 0 Å². The smallest absolute Gasteiger partial charge is 0.0714 e. The monoisotopic (exact) mass is 1000 g/mol. The molecular formula is C73H47NS2. The number of hydrogen-bond donors (Lipinski definition) is 0. The van der Waals surface area contributed by atoms with E-state index in [2.05, 4.69) is 290 Å². The number of rotatable bonds is 9. The molecule has 0 bridgehead atoms. The van der Waals surface area contributed by atoms with Crippen molar-refractivity contribution >= 4 is 80.1 Å². The number of benzene rings is 12. The van der Waals surface area contributed by atoms with Crippen LogP contribution in [-0.2, 0) is 5.41 Å². The maximum Gasteiger partial charge on any atom is 0.0714 e. The van der Waals surface area contributed by atoms with Gasteiger partial charge in [-0.15, -0.1) is 22.7 Å². The summed E-state index contributed by atoms with van der Waals surface area (Å²) in [5, 5.41) is 5.27. The molecule has 0 saturated heterocycles. The SMILES string of the molecule is c1ccc(C2(c3ccccc3)c3ccccc3-c3c(N(c4ccc(-c5cccc(-c6ccc7sc8ccccc8c7c6)c5)cc4)c4ccc(-c5cccc(-c6ccc7sc8ccccc8c7c6)c5)cc4)cccc32)cc1. The Hall–Kier alpha value is -9.12. The second-order valence-electron chi connectivity index (χ2n) is 19.9. The summed E-state index contributed by atoms with van der Waals surface area (Å²) in [5.74, 6) is 0. The average molecular weight is 1000 g/mol. The van der Waals surface area contributed by atoms with Crippen LogP contribution in [0.3, 0.4) is 0 Å². The fraction of sp³-hybridized carbons (Fsp3) is 0.0137. The third-order valence-electron chi connectivity index (χ3n) is 15.8. The molecule has 2 heterocycles. The van der Waals surface area contributed by atoms with Crippen LogP contribution in [-0.4, -0.2) is 0 Å². The van der Waals surface area contributed by atoms with E-state index >= 15 is 0 Å². The lowest BCUT2D eigenvalue weighted by Crippen LogP contribution is -2.28. The van der Waals surface area contributed by atoms with E-state index in [0.717, 1.165) is 17.1 Å². The zero-order chi connectivity index (χ0) is 50.2. The van der Waals surface area contributed by atoms with E-state index in [1.54, 1.807) is 0 Å². The van der Waals surface area contributed by atoms with Gasteiger partial charge in [0.25, 0.3) is 0 Å². The molecule has 12 aromatic carbocycles. The first-order chi connectivity index (χ1) is 37.7.